The summed E-state index contributed by atoms with van der Waals surface area (Å²) in [6.07, 6.45) is 0. The zero-order valence-corrected chi connectivity index (χ0v) is 23.6. The quantitative estimate of drug-likeness (QED) is 0.191. The third-order valence-electron chi connectivity index (χ3n) is 6.81. The molecule has 218 valence electrons. The molecule has 0 spiro atoms. The normalized spacial score (nSPS) is 13.7. The minimum atomic E-state index is -0.668. The zero-order valence-electron chi connectivity index (χ0n) is 23.6. The lowest BCUT2D eigenvalue weighted by atomic mass is 9.83. The molecule has 0 fully saturated rings. The summed E-state index contributed by atoms with van der Waals surface area (Å²) in [4.78, 5) is 13.1. The maximum atomic E-state index is 13.2. The van der Waals surface area contributed by atoms with Crippen LogP contribution in [-0.4, -0.2) is 27.3 Å². The fraction of sp³-hybridized carbons (Fsp3) is 0.152. The monoisotopic (exact) mass is 582 g/mol. The third-order valence-corrected chi connectivity index (χ3v) is 6.81. The first kappa shape index (κ1) is 28.8. The summed E-state index contributed by atoms with van der Waals surface area (Å²) in [5.41, 5.74) is 8.77. The van der Waals surface area contributed by atoms with E-state index in [2.05, 4.69) is 6.07 Å². The van der Waals surface area contributed by atoms with E-state index in [9.17, 15) is 14.4 Å². The van der Waals surface area contributed by atoms with Crippen LogP contribution in [0.25, 0.3) is 0 Å². The molecule has 10 heteroatoms. The number of ether oxygens (including phenoxy) is 6. The molecule has 2 N–H and O–H groups in total. The Morgan fingerprint density at radius 1 is 0.930 bits per heavy atom. The van der Waals surface area contributed by atoms with Crippen molar-refractivity contribution in [3.05, 3.63) is 118 Å². The van der Waals surface area contributed by atoms with E-state index in [-0.39, 0.29) is 35.2 Å². The molecule has 1 atom stereocenters. The Morgan fingerprint density at radius 3 is 2.30 bits per heavy atom. The average Bonchev–Trinajstić information content (AvgIpc) is 3.03. The Hall–Kier alpha value is -5.69. The van der Waals surface area contributed by atoms with Crippen molar-refractivity contribution in [1.29, 1.82) is 5.26 Å². The highest BCUT2D eigenvalue weighted by molar-refractivity contribution is 5.92. The summed E-state index contributed by atoms with van der Waals surface area (Å²) < 4.78 is 46.6. The van der Waals surface area contributed by atoms with Crippen LogP contribution in [0.15, 0.2) is 90.3 Å². The van der Waals surface area contributed by atoms with Gasteiger partial charge in [0, 0.05) is 11.6 Å². The van der Waals surface area contributed by atoms with Gasteiger partial charge in [-0.2, -0.15) is 5.26 Å². The molecular formula is C33H27FN2O7. The number of esters is 1. The fourth-order valence-electron chi connectivity index (χ4n) is 4.74. The molecule has 4 aromatic rings. The number of nitrogens with two attached hydrogens (primary N) is 1. The topological polar surface area (TPSA) is 122 Å². The molecule has 0 bridgehead atoms. The molecular weight excluding hydrogens is 555 g/mol. The number of carbonyl (C=O) groups is 1. The first-order valence-electron chi connectivity index (χ1n) is 13.1. The highest BCUT2D eigenvalue weighted by atomic mass is 19.1. The molecule has 9 nitrogen and oxygen atoms in total. The molecule has 43 heavy (non-hydrogen) atoms. The lowest BCUT2D eigenvalue weighted by Crippen LogP contribution is -2.21. The molecule has 0 amide bonds. The Morgan fingerprint density at radius 2 is 1.65 bits per heavy atom. The van der Waals surface area contributed by atoms with Gasteiger partial charge >= 0.3 is 5.97 Å². The van der Waals surface area contributed by atoms with E-state index in [1.807, 2.05) is 18.2 Å². The smallest absolute Gasteiger partial charge is 0.343 e. The van der Waals surface area contributed by atoms with Gasteiger partial charge in [-0.25, -0.2) is 9.18 Å². The Balaban J connectivity index is 1.41. The van der Waals surface area contributed by atoms with Gasteiger partial charge in [-0.15, -0.1) is 0 Å². The van der Waals surface area contributed by atoms with Gasteiger partial charge in [-0.1, -0.05) is 30.3 Å². The summed E-state index contributed by atoms with van der Waals surface area (Å²) in [7, 11) is 4.36. The van der Waals surface area contributed by atoms with Crippen LogP contribution in [0.2, 0.25) is 0 Å². The maximum Gasteiger partial charge on any atom is 0.343 e. The number of rotatable bonds is 9. The number of nitriles is 1. The molecule has 5 rings (SSSR count). The van der Waals surface area contributed by atoms with Crippen molar-refractivity contribution in [2.45, 2.75) is 12.5 Å². The highest BCUT2D eigenvalue weighted by Gasteiger charge is 2.31. The van der Waals surface area contributed by atoms with E-state index in [0.29, 0.717) is 34.3 Å². The number of nitrogens with zero attached hydrogens (tertiary/aromatic N) is 1. The molecule has 0 saturated heterocycles. The molecule has 1 aliphatic heterocycles. The molecule has 0 aliphatic carbocycles. The molecule has 4 aromatic carbocycles. The van der Waals surface area contributed by atoms with Crippen LogP contribution in [0.3, 0.4) is 0 Å². The van der Waals surface area contributed by atoms with Crippen LogP contribution in [0, 0.1) is 17.1 Å². The second kappa shape index (κ2) is 12.4. The second-order valence-corrected chi connectivity index (χ2v) is 9.42. The van der Waals surface area contributed by atoms with Crippen LogP contribution in [0.1, 0.15) is 33.0 Å². The number of allylic oxidation sites excluding steroid dienone is 1. The van der Waals surface area contributed by atoms with Crippen molar-refractivity contribution in [2.24, 2.45) is 5.73 Å². The van der Waals surface area contributed by atoms with Crippen molar-refractivity contribution in [2.75, 3.05) is 21.3 Å². The number of fused-ring (bicyclic) bond motifs is 1. The average molecular weight is 583 g/mol. The molecule has 1 unspecified atom stereocenters. The number of benzene rings is 4. The van der Waals surface area contributed by atoms with Crippen LogP contribution in [-0.2, 0) is 6.61 Å². The summed E-state index contributed by atoms with van der Waals surface area (Å²) in [5, 5.41) is 9.96. The van der Waals surface area contributed by atoms with E-state index in [0.717, 1.165) is 11.1 Å². The minimum absolute atomic E-state index is 0.0641. The van der Waals surface area contributed by atoms with Gasteiger partial charge in [0.2, 0.25) is 11.6 Å². The number of hydrogen-bond donors (Lipinski definition) is 1. The maximum absolute atomic E-state index is 13.2. The molecule has 0 radical (unpaired) electrons. The van der Waals surface area contributed by atoms with Gasteiger partial charge in [0.15, 0.2) is 11.5 Å². The van der Waals surface area contributed by atoms with Gasteiger partial charge in [0.25, 0.3) is 0 Å². The summed E-state index contributed by atoms with van der Waals surface area (Å²) >= 11 is 0. The van der Waals surface area contributed by atoms with Gasteiger partial charge in [-0.3, -0.25) is 0 Å². The van der Waals surface area contributed by atoms with Crippen LogP contribution >= 0.6 is 0 Å². The fourth-order valence-corrected chi connectivity index (χ4v) is 4.74. The molecule has 1 aliphatic rings. The van der Waals surface area contributed by atoms with E-state index >= 15 is 0 Å². The van der Waals surface area contributed by atoms with Gasteiger partial charge in [0.05, 0.1) is 32.8 Å². The summed E-state index contributed by atoms with van der Waals surface area (Å²) in [6.45, 7) is 0.234. The van der Waals surface area contributed by atoms with Gasteiger partial charge in [-0.05, 0) is 53.6 Å². The summed E-state index contributed by atoms with van der Waals surface area (Å²) in [6, 6.07) is 23.3. The zero-order chi connectivity index (χ0) is 30.5. The first-order valence-corrected chi connectivity index (χ1v) is 13.1. The van der Waals surface area contributed by atoms with Crippen LogP contribution in [0.5, 0.6) is 34.5 Å². The number of methoxy groups -OCH3 is 3. The van der Waals surface area contributed by atoms with Crippen molar-refractivity contribution in [1.82, 2.24) is 0 Å². The Kier molecular flexibility index (Phi) is 8.34. The van der Waals surface area contributed by atoms with Crippen LogP contribution in [0.4, 0.5) is 4.39 Å². The standard InChI is InChI=1S/C33H27FN2O7/c1-38-28-14-21(15-29(39-2)31(28)40-3)33(37)42-24-11-12-25-27(16-24)43-32(36)26(17-35)30(25)20-5-4-6-23(13-20)41-18-19-7-9-22(34)10-8-19/h4-16,30H,18,36H2,1-3H3. The van der Waals surface area contributed by atoms with E-state index in [1.54, 1.807) is 30.3 Å². The van der Waals surface area contributed by atoms with E-state index in [1.165, 1.54) is 51.7 Å². The lowest BCUT2D eigenvalue weighted by Gasteiger charge is -2.27. The number of carbonyl (C=O) groups excluding carboxylic acids is 1. The van der Waals surface area contributed by atoms with Gasteiger partial charge < -0.3 is 34.2 Å². The van der Waals surface area contributed by atoms with E-state index < -0.39 is 11.9 Å². The second-order valence-electron chi connectivity index (χ2n) is 9.42. The first-order chi connectivity index (χ1) is 20.8. The van der Waals surface area contributed by atoms with Crippen molar-refractivity contribution in [3.63, 3.8) is 0 Å². The largest absolute Gasteiger partial charge is 0.493 e. The van der Waals surface area contributed by atoms with E-state index in [4.69, 9.17) is 34.2 Å². The Labute approximate surface area is 247 Å². The van der Waals surface area contributed by atoms with Gasteiger partial charge in [0.1, 0.15) is 41.3 Å². The van der Waals surface area contributed by atoms with Crippen molar-refractivity contribution >= 4 is 5.97 Å². The third kappa shape index (κ3) is 6.01. The molecule has 1 heterocycles. The van der Waals surface area contributed by atoms with Crippen molar-refractivity contribution in [3.8, 4) is 40.6 Å². The predicted octanol–water partition coefficient (Wildman–Crippen LogP) is 5.87. The number of halogens is 1. The van der Waals surface area contributed by atoms with Crippen molar-refractivity contribution < 1.29 is 37.6 Å². The SMILES string of the molecule is COc1cc(C(=O)Oc2ccc3c(c2)OC(N)=C(C#N)C3c2cccc(OCc3ccc(F)cc3)c2)cc(OC)c1OC. The minimum Gasteiger partial charge on any atom is -0.493 e. The molecule has 0 aromatic heterocycles. The Bertz CT molecular complexity index is 1720. The van der Waals surface area contributed by atoms with Crippen LogP contribution < -0.4 is 34.2 Å². The number of hydrogen-bond acceptors (Lipinski definition) is 9. The highest BCUT2D eigenvalue weighted by Crippen LogP contribution is 2.44. The predicted molar refractivity (Wildman–Crippen MR) is 154 cm³/mol. The molecule has 0 saturated carbocycles. The summed E-state index contributed by atoms with van der Waals surface area (Å²) in [5.74, 6) is 0.406. The lowest BCUT2D eigenvalue weighted by molar-refractivity contribution is 0.0733.